The van der Waals surface area contributed by atoms with Gasteiger partial charge in [-0.1, -0.05) is 208 Å². The van der Waals surface area contributed by atoms with Crippen LogP contribution in [0.15, 0.2) is 218 Å². The van der Waals surface area contributed by atoms with Gasteiger partial charge in [0, 0.05) is 5.41 Å². The Labute approximate surface area is 377 Å². The number of benzene rings is 13. The number of hydrogen-bond donors (Lipinski definition) is 0. The van der Waals surface area contributed by atoms with Crippen LogP contribution in [0.2, 0.25) is 0 Å². The fourth-order valence-electron chi connectivity index (χ4n) is 11.9. The normalized spacial score (nSPS) is 13.2. The zero-order valence-corrected chi connectivity index (χ0v) is 36.3. The molecule has 0 spiro atoms. The highest BCUT2D eigenvalue weighted by atomic mass is 14.4. The van der Waals surface area contributed by atoms with Crippen molar-refractivity contribution in [3.63, 3.8) is 0 Å². The molecule has 1 aliphatic carbocycles. The molecule has 0 heterocycles. The van der Waals surface area contributed by atoms with Crippen LogP contribution in [0.25, 0.3) is 131 Å². The van der Waals surface area contributed by atoms with Gasteiger partial charge in [-0.2, -0.15) is 0 Å². The molecule has 0 saturated heterocycles. The first-order valence-corrected chi connectivity index (χ1v) is 22.9. The van der Waals surface area contributed by atoms with Gasteiger partial charge in [-0.05, 0) is 166 Å². The van der Waals surface area contributed by atoms with Gasteiger partial charge in [0.1, 0.15) is 0 Å². The summed E-state index contributed by atoms with van der Waals surface area (Å²) in [5.41, 5.74) is 12.8. The fourth-order valence-corrected chi connectivity index (χ4v) is 11.9. The van der Waals surface area contributed by atoms with Crippen molar-refractivity contribution >= 4 is 86.2 Å². The molecule has 13 aromatic rings. The van der Waals surface area contributed by atoms with Crippen molar-refractivity contribution in [3.05, 3.63) is 230 Å². The summed E-state index contributed by atoms with van der Waals surface area (Å²) >= 11 is 0. The maximum Gasteiger partial charge on any atom is 0.0159 e. The summed E-state index contributed by atoms with van der Waals surface area (Å²) in [6.45, 7) is 4.87. The van der Waals surface area contributed by atoms with Crippen LogP contribution >= 0.6 is 0 Å². The van der Waals surface area contributed by atoms with E-state index in [1.54, 1.807) is 0 Å². The summed E-state index contributed by atoms with van der Waals surface area (Å²) in [5, 5.41) is 20.7. The molecule has 0 amide bonds. The predicted octanol–water partition coefficient (Wildman–Crippen LogP) is 18.2. The Morgan fingerprint density at radius 2 is 0.692 bits per heavy atom. The zero-order valence-electron chi connectivity index (χ0n) is 36.3. The highest BCUT2D eigenvalue weighted by molar-refractivity contribution is 6.28. The van der Waals surface area contributed by atoms with E-state index in [1.165, 1.54) is 142 Å². The topological polar surface area (TPSA) is 0 Å². The van der Waals surface area contributed by atoms with E-state index in [1.807, 2.05) is 0 Å². The van der Waals surface area contributed by atoms with Crippen LogP contribution in [0, 0.1) is 0 Å². The van der Waals surface area contributed by atoms with Gasteiger partial charge in [0.2, 0.25) is 0 Å². The lowest BCUT2D eigenvalue weighted by molar-refractivity contribution is 0.662. The van der Waals surface area contributed by atoms with Crippen molar-refractivity contribution in [2.24, 2.45) is 0 Å². The van der Waals surface area contributed by atoms with Crippen LogP contribution in [-0.2, 0) is 5.41 Å². The van der Waals surface area contributed by atoms with Crippen LogP contribution in [0.3, 0.4) is 0 Å². The quantitative estimate of drug-likeness (QED) is 0.123. The van der Waals surface area contributed by atoms with Gasteiger partial charge in [0.05, 0.1) is 0 Å². The first kappa shape index (κ1) is 36.4. The van der Waals surface area contributed by atoms with Crippen molar-refractivity contribution < 1.29 is 0 Å². The molecule has 1 aliphatic rings. The molecule has 302 valence electrons. The Morgan fingerprint density at radius 1 is 0.246 bits per heavy atom. The van der Waals surface area contributed by atoms with E-state index in [2.05, 4.69) is 232 Å². The van der Waals surface area contributed by atoms with Gasteiger partial charge < -0.3 is 0 Å². The molecular formula is C65H42. The first-order valence-electron chi connectivity index (χ1n) is 22.9. The van der Waals surface area contributed by atoms with E-state index in [0.29, 0.717) is 0 Å². The van der Waals surface area contributed by atoms with Crippen molar-refractivity contribution in [2.75, 3.05) is 0 Å². The molecule has 0 unspecified atom stereocenters. The highest BCUT2D eigenvalue weighted by Gasteiger charge is 2.38. The standard InChI is InChI=1S/C65H42/c1-65(2)59-38-57-49-22-10-8-20-47(49)46-19-7-9-21-48(46)56(57)36-58(59)64-54-34-33-40-16-5-6-18-45(40)63(54)55(37-60(64)65)41-28-30-42(31-29-41)61-50-23-11-13-25-52(50)62(53-26-14-12-24-51(53)61)44-32-27-39-15-3-4-17-43(39)35-44/h3-38H,1-2H3. The third-order valence-corrected chi connectivity index (χ3v) is 15.0. The van der Waals surface area contributed by atoms with Crippen LogP contribution in [0.1, 0.15) is 25.0 Å². The Morgan fingerprint density at radius 3 is 1.31 bits per heavy atom. The summed E-state index contributed by atoms with van der Waals surface area (Å²) < 4.78 is 0. The summed E-state index contributed by atoms with van der Waals surface area (Å²) in [7, 11) is 0. The van der Waals surface area contributed by atoms with E-state index in [9.17, 15) is 0 Å². The van der Waals surface area contributed by atoms with E-state index in [0.717, 1.165) is 0 Å². The first-order chi connectivity index (χ1) is 32.0. The summed E-state index contributed by atoms with van der Waals surface area (Å²) in [6.07, 6.45) is 0. The molecule has 0 N–H and O–H groups in total. The summed E-state index contributed by atoms with van der Waals surface area (Å²) in [6, 6.07) is 82.2. The van der Waals surface area contributed by atoms with Crippen molar-refractivity contribution in [3.8, 4) is 44.5 Å². The molecule has 0 aliphatic heterocycles. The molecule has 0 atom stereocenters. The molecule has 0 bridgehead atoms. The summed E-state index contributed by atoms with van der Waals surface area (Å²) in [4.78, 5) is 0. The third-order valence-electron chi connectivity index (χ3n) is 15.0. The molecule has 0 fully saturated rings. The van der Waals surface area contributed by atoms with E-state index in [-0.39, 0.29) is 5.41 Å². The molecule has 65 heavy (non-hydrogen) atoms. The SMILES string of the molecule is CC1(C)c2cc3c4ccccc4c4ccccc4c3cc2-c2c1cc(-c1ccc(-c3c4ccccc4c(-c4ccc5ccccc5c4)c4ccccc34)cc1)c1c2ccc2ccccc21. The molecule has 0 heteroatoms. The van der Waals surface area contributed by atoms with E-state index >= 15 is 0 Å². The van der Waals surface area contributed by atoms with E-state index in [4.69, 9.17) is 0 Å². The second kappa shape index (κ2) is 13.5. The van der Waals surface area contributed by atoms with Gasteiger partial charge in [0.25, 0.3) is 0 Å². The molecule has 13 aromatic carbocycles. The fraction of sp³-hybridized carbons (Fsp3) is 0.0462. The van der Waals surface area contributed by atoms with Crippen molar-refractivity contribution in [2.45, 2.75) is 19.3 Å². The Kier molecular flexibility index (Phi) is 7.55. The van der Waals surface area contributed by atoms with Crippen LogP contribution in [-0.4, -0.2) is 0 Å². The van der Waals surface area contributed by atoms with Gasteiger partial charge in [0.15, 0.2) is 0 Å². The van der Waals surface area contributed by atoms with Gasteiger partial charge in [-0.15, -0.1) is 0 Å². The Hall–Kier alpha value is -8.06. The lowest BCUT2D eigenvalue weighted by Crippen LogP contribution is -2.15. The Bertz CT molecular complexity index is 4130. The summed E-state index contributed by atoms with van der Waals surface area (Å²) in [5.74, 6) is 0. The predicted molar refractivity (Wildman–Crippen MR) is 280 cm³/mol. The minimum Gasteiger partial charge on any atom is -0.0616 e. The average molecular weight is 823 g/mol. The minimum absolute atomic E-state index is 0.218. The molecule has 0 aromatic heterocycles. The minimum atomic E-state index is -0.218. The lowest BCUT2D eigenvalue weighted by Gasteiger charge is -2.24. The monoisotopic (exact) mass is 822 g/mol. The van der Waals surface area contributed by atoms with Crippen LogP contribution in [0.4, 0.5) is 0 Å². The van der Waals surface area contributed by atoms with Gasteiger partial charge in [-0.25, -0.2) is 0 Å². The number of rotatable bonds is 3. The molecular weight excluding hydrogens is 781 g/mol. The van der Waals surface area contributed by atoms with E-state index < -0.39 is 0 Å². The average Bonchev–Trinajstić information content (AvgIpc) is 3.59. The second-order valence-corrected chi connectivity index (χ2v) is 18.7. The molecule has 0 radical (unpaired) electrons. The third kappa shape index (κ3) is 5.14. The Balaban J connectivity index is 0.992. The van der Waals surface area contributed by atoms with Gasteiger partial charge in [-0.3, -0.25) is 0 Å². The number of fused-ring (bicyclic) bond motifs is 16. The lowest BCUT2D eigenvalue weighted by atomic mass is 9.79. The highest BCUT2D eigenvalue weighted by Crippen LogP contribution is 2.56. The number of hydrogen-bond acceptors (Lipinski definition) is 0. The molecule has 0 nitrogen and oxygen atoms in total. The molecule has 14 rings (SSSR count). The smallest absolute Gasteiger partial charge is 0.0159 e. The zero-order chi connectivity index (χ0) is 43.0. The maximum absolute atomic E-state index is 2.54. The maximum atomic E-state index is 2.54. The van der Waals surface area contributed by atoms with Gasteiger partial charge >= 0.3 is 0 Å². The molecule has 0 saturated carbocycles. The van der Waals surface area contributed by atoms with Crippen LogP contribution in [0.5, 0.6) is 0 Å². The largest absolute Gasteiger partial charge is 0.0616 e. The van der Waals surface area contributed by atoms with Crippen molar-refractivity contribution in [1.82, 2.24) is 0 Å². The van der Waals surface area contributed by atoms with Crippen LogP contribution < -0.4 is 0 Å². The second-order valence-electron chi connectivity index (χ2n) is 18.7. The van der Waals surface area contributed by atoms with Crippen molar-refractivity contribution in [1.29, 1.82) is 0 Å².